The summed E-state index contributed by atoms with van der Waals surface area (Å²) in [5, 5.41) is 10.2. The normalized spacial score (nSPS) is 13.3. The first-order valence-electron chi connectivity index (χ1n) is 7.63. The fourth-order valence-corrected chi connectivity index (χ4v) is 3.17. The maximum atomic E-state index is 12.7. The highest BCUT2D eigenvalue weighted by atomic mass is 16.4. The zero-order valence-electron chi connectivity index (χ0n) is 12.8. The van der Waals surface area contributed by atoms with Crippen LogP contribution in [0, 0.1) is 0 Å². The van der Waals surface area contributed by atoms with Crippen molar-refractivity contribution < 1.29 is 14.7 Å². The molecule has 0 fully saturated rings. The fraction of sp³-hybridized carbons (Fsp3) is 0.105. The van der Waals surface area contributed by atoms with Gasteiger partial charge in [0.1, 0.15) is 5.69 Å². The third-order valence-corrected chi connectivity index (χ3v) is 4.26. The van der Waals surface area contributed by atoms with Gasteiger partial charge in [-0.25, -0.2) is 9.78 Å². The molecular weight excluding hydrogens is 304 g/mol. The van der Waals surface area contributed by atoms with Gasteiger partial charge in [0.25, 0.3) is 5.91 Å². The van der Waals surface area contributed by atoms with Gasteiger partial charge in [-0.2, -0.15) is 0 Å². The van der Waals surface area contributed by atoms with Crippen LogP contribution in [0.15, 0.2) is 54.6 Å². The van der Waals surface area contributed by atoms with Crippen LogP contribution in [0.25, 0.3) is 10.9 Å². The minimum Gasteiger partial charge on any atom is -0.478 e. The number of carbonyl (C=O) groups is 2. The van der Waals surface area contributed by atoms with Crippen molar-refractivity contribution in [2.24, 2.45) is 0 Å². The van der Waals surface area contributed by atoms with Crippen molar-refractivity contribution >= 4 is 22.8 Å². The Hall–Kier alpha value is -3.21. The topological polar surface area (TPSA) is 70.5 Å². The number of carboxylic acid groups (broad SMARTS) is 1. The van der Waals surface area contributed by atoms with Gasteiger partial charge >= 0.3 is 5.97 Å². The number of benzene rings is 2. The first-order valence-corrected chi connectivity index (χ1v) is 7.63. The molecule has 24 heavy (non-hydrogen) atoms. The second-order valence-electron chi connectivity index (χ2n) is 5.78. The van der Waals surface area contributed by atoms with Gasteiger partial charge in [0, 0.05) is 24.0 Å². The van der Waals surface area contributed by atoms with Gasteiger partial charge in [-0.05, 0) is 11.6 Å². The van der Waals surface area contributed by atoms with Crippen LogP contribution in [0.3, 0.4) is 0 Å². The van der Waals surface area contributed by atoms with Crippen molar-refractivity contribution in [3.63, 3.8) is 0 Å². The van der Waals surface area contributed by atoms with E-state index in [4.69, 9.17) is 0 Å². The lowest BCUT2D eigenvalue weighted by molar-refractivity contribution is 0.0693. The van der Waals surface area contributed by atoms with E-state index >= 15 is 0 Å². The summed E-state index contributed by atoms with van der Waals surface area (Å²) in [6.07, 6.45) is 0. The van der Waals surface area contributed by atoms with E-state index in [-0.39, 0.29) is 23.7 Å². The Balaban J connectivity index is 1.82. The van der Waals surface area contributed by atoms with Crippen LogP contribution in [0.2, 0.25) is 0 Å². The number of aromatic nitrogens is 1. The van der Waals surface area contributed by atoms with Gasteiger partial charge in [-0.15, -0.1) is 0 Å². The SMILES string of the molecule is O=C(O)c1c2c(nc3ccccc13)C(=O)N(Cc1ccccc1)C2. The Kier molecular flexibility index (Phi) is 3.27. The van der Waals surface area contributed by atoms with Crippen LogP contribution in [0.1, 0.15) is 32.0 Å². The summed E-state index contributed by atoms with van der Waals surface area (Å²) >= 11 is 0. The number of carboxylic acids is 1. The van der Waals surface area contributed by atoms with E-state index in [1.807, 2.05) is 30.3 Å². The number of hydrogen-bond donors (Lipinski definition) is 1. The van der Waals surface area contributed by atoms with Crippen molar-refractivity contribution in [1.82, 2.24) is 9.88 Å². The van der Waals surface area contributed by atoms with Crippen LogP contribution in [-0.4, -0.2) is 26.9 Å². The fourth-order valence-electron chi connectivity index (χ4n) is 3.17. The van der Waals surface area contributed by atoms with Crippen LogP contribution in [0.5, 0.6) is 0 Å². The number of para-hydroxylation sites is 1. The predicted octanol–water partition coefficient (Wildman–Crippen LogP) is 3.09. The summed E-state index contributed by atoms with van der Waals surface area (Å²) in [7, 11) is 0. The number of amides is 1. The molecule has 5 heteroatoms. The summed E-state index contributed by atoms with van der Waals surface area (Å²) in [5.74, 6) is -1.25. The first kappa shape index (κ1) is 14.4. The third-order valence-electron chi connectivity index (χ3n) is 4.26. The van der Waals surface area contributed by atoms with E-state index in [0.29, 0.717) is 23.0 Å². The van der Waals surface area contributed by atoms with Gasteiger partial charge < -0.3 is 10.0 Å². The van der Waals surface area contributed by atoms with Crippen LogP contribution >= 0.6 is 0 Å². The number of fused-ring (bicyclic) bond motifs is 2. The van der Waals surface area contributed by atoms with E-state index < -0.39 is 5.97 Å². The van der Waals surface area contributed by atoms with Crippen molar-refractivity contribution in [2.75, 3.05) is 0 Å². The quantitative estimate of drug-likeness (QED) is 0.805. The molecule has 0 aliphatic carbocycles. The van der Waals surface area contributed by atoms with Crippen LogP contribution in [0.4, 0.5) is 0 Å². The molecular formula is C19H14N2O3. The lowest BCUT2D eigenvalue weighted by atomic mass is 10.0. The summed E-state index contributed by atoms with van der Waals surface area (Å²) in [4.78, 5) is 30.5. The third kappa shape index (κ3) is 2.22. The van der Waals surface area contributed by atoms with Crippen molar-refractivity contribution in [1.29, 1.82) is 0 Å². The van der Waals surface area contributed by atoms with Crippen LogP contribution < -0.4 is 0 Å². The number of rotatable bonds is 3. The second kappa shape index (κ2) is 5.45. The Morgan fingerprint density at radius 1 is 1.08 bits per heavy atom. The van der Waals surface area contributed by atoms with Crippen molar-refractivity contribution in [3.05, 3.63) is 77.0 Å². The van der Waals surface area contributed by atoms with Gasteiger partial charge in [0.15, 0.2) is 0 Å². The summed E-state index contributed by atoms with van der Waals surface area (Å²) < 4.78 is 0. The average molecular weight is 318 g/mol. The van der Waals surface area contributed by atoms with Crippen molar-refractivity contribution in [3.8, 4) is 0 Å². The standard InChI is InChI=1S/C19H14N2O3/c22-18-17-14(11-21(18)10-12-6-2-1-3-7-12)16(19(23)24)13-8-4-5-9-15(13)20-17/h1-9H,10-11H2,(H,23,24). The highest BCUT2D eigenvalue weighted by Crippen LogP contribution is 2.31. The molecule has 1 aliphatic heterocycles. The van der Waals surface area contributed by atoms with E-state index in [0.717, 1.165) is 5.56 Å². The van der Waals surface area contributed by atoms with Gasteiger partial charge in [0.2, 0.25) is 0 Å². The highest BCUT2D eigenvalue weighted by molar-refractivity contribution is 6.09. The molecule has 2 aromatic carbocycles. The van der Waals surface area contributed by atoms with Gasteiger partial charge in [0.05, 0.1) is 11.1 Å². The van der Waals surface area contributed by atoms with Gasteiger partial charge in [-0.3, -0.25) is 4.79 Å². The Morgan fingerprint density at radius 2 is 1.79 bits per heavy atom. The number of pyridine rings is 1. The molecule has 1 aromatic heterocycles. The molecule has 0 unspecified atom stereocenters. The molecule has 0 saturated carbocycles. The lowest BCUT2D eigenvalue weighted by Crippen LogP contribution is -2.23. The second-order valence-corrected chi connectivity index (χ2v) is 5.78. The lowest BCUT2D eigenvalue weighted by Gasteiger charge is -2.15. The molecule has 1 aliphatic rings. The zero-order valence-corrected chi connectivity index (χ0v) is 12.8. The molecule has 0 saturated heterocycles. The largest absolute Gasteiger partial charge is 0.478 e. The van der Waals surface area contributed by atoms with E-state index in [2.05, 4.69) is 4.98 Å². The van der Waals surface area contributed by atoms with Crippen molar-refractivity contribution in [2.45, 2.75) is 13.1 Å². The smallest absolute Gasteiger partial charge is 0.336 e. The average Bonchev–Trinajstić information content (AvgIpc) is 2.89. The Labute approximate surface area is 138 Å². The maximum absolute atomic E-state index is 12.7. The molecule has 1 amide bonds. The molecule has 4 rings (SSSR count). The predicted molar refractivity (Wildman–Crippen MR) is 88.7 cm³/mol. The molecule has 118 valence electrons. The molecule has 5 nitrogen and oxygen atoms in total. The number of aromatic carboxylic acids is 1. The molecule has 3 aromatic rings. The number of carbonyl (C=O) groups excluding carboxylic acids is 1. The van der Waals surface area contributed by atoms with E-state index in [1.54, 1.807) is 29.2 Å². The molecule has 0 spiro atoms. The number of hydrogen-bond acceptors (Lipinski definition) is 3. The molecule has 1 N–H and O–H groups in total. The molecule has 2 heterocycles. The maximum Gasteiger partial charge on any atom is 0.336 e. The monoisotopic (exact) mass is 318 g/mol. The molecule has 0 atom stereocenters. The summed E-state index contributed by atoms with van der Waals surface area (Å²) in [5.41, 5.74) is 2.47. The molecule has 0 bridgehead atoms. The summed E-state index contributed by atoms with van der Waals surface area (Å²) in [6.45, 7) is 0.702. The minimum absolute atomic E-state index is 0.180. The Morgan fingerprint density at radius 3 is 2.54 bits per heavy atom. The Bertz CT molecular complexity index is 967. The number of nitrogens with zero attached hydrogens (tertiary/aromatic N) is 2. The summed E-state index contributed by atoms with van der Waals surface area (Å²) in [6, 6.07) is 16.7. The van der Waals surface area contributed by atoms with E-state index in [1.165, 1.54) is 0 Å². The minimum atomic E-state index is -1.03. The molecule has 0 radical (unpaired) electrons. The highest BCUT2D eigenvalue weighted by Gasteiger charge is 2.34. The first-order chi connectivity index (χ1) is 11.6. The zero-order chi connectivity index (χ0) is 16.7. The van der Waals surface area contributed by atoms with Gasteiger partial charge in [-0.1, -0.05) is 48.5 Å². The van der Waals surface area contributed by atoms with Crippen LogP contribution in [-0.2, 0) is 13.1 Å². The van der Waals surface area contributed by atoms with E-state index in [9.17, 15) is 14.7 Å².